The van der Waals surface area contributed by atoms with Gasteiger partial charge in [0.05, 0.1) is 22.5 Å². The molecule has 3 aliphatic carbocycles. The van der Waals surface area contributed by atoms with E-state index in [2.05, 4.69) is 10.6 Å². The van der Waals surface area contributed by atoms with E-state index in [4.69, 9.17) is 46.4 Å². The van der Waals surface area contributed by atoms with Crippen molar-refractivity contribution in [3.63, 3.8) is 0 Å². The van der Waals surface area contributed by atoms with Crippen LogP contribution in [0, 0.1) is 0 Å². The number of ketones is 2. The molecule has 3 aliphatic rings. The van der Waals surface area contributed by atoms with Crippen LogP contribution in [0.15, 0.2) is 82.9 Å². The van der Waals surface area contributed by atoms with Gasteiger partial charge in [-0.25, -0.2) is 0 Å². The average Bonchev–Trinajstić information content (AvgIpc) is 2.90. The molecule has 5 rings (SSSR count). The van der Waals surface area contributed by atoms with Crippen LogP contribution in [0.2, 0.25) is 0 Å². The number of rotatable bonds is 4. The summed E-state index contributed by atoms with van der Waals surface area (Å²) < 4.78 is 0. The largest absolute Gasteiger partial charge is 0.324 e. The topological polar surface area (TPSA) is 92.3 Å². The van der Waals surface area contributed by atoms with Crippen molar-refractivity contribution in [3.8, 4) is 0 Å². The van der Waals surface area contributed by atoms with E-state index in [-0.39, 0.29) is 46.5 Å². The molecule has 0 heterocycles. The van der Waals surface area contributed by atoms with Crippen molar-refractivity contribution in [3.05, 3.63) is 105 Å². The normalized spacial score (nSPS) is 23.7. The van der Waals surface area contributed by atoms with Gasteiger partial charge in [0.2, 0.25) is 11.8 Å². The first-order chi connectivity index (χ1) is 18.0. The number of nitrogens with one attached hydrogen (secondary N) is 2. The van der Waals surface area contributed by atoms with E-state index in [0.717, 1.165) is 0 Å². The SMILES string of the molecule is O=C1c2cccc(NC(=O)C3(Cl)C=CC(Cl)=CC3)c2C(=O)c2cccc(NC(=O)C3(Cl)C=CC(Cl)=CC3)c21. The fraction of sp³-hybridized carbons (Fsp3) is 0.143. The summed E-state index contributed by atoms with van der Waals surface area (Å²) in [6, 6.07) is 9.14. The highest BCUT2D eigenvalue weighted by atomic mass is 35.5. The Bertz CT molecular complexity index is 1440. The first kappa shape index (κ1) is 26.4. The van der Waals surface area contributed by atoms with Crippen molar-refractivity contribution < 1.29 is 19.2 Å². The molecule has 0 spiro atoms. The molecule has 38 heavy (non-hydrogen) atoms. The molecule has 2 N–H and O–H groups in total. The number of hydrogen-bond acceptors (Lipinski definition) is 4. The molecular weight excluding hydrogens is 570 g/mol. The number of allylic oxidation sites excluding steroid dienone is 6. The second kappa shape index (κ2) is 9.86. The summed E-state index contributed by atoms with van der Waals surface area (Å²) in [5, 5.41) is 6.32. The fourth-order valence-electron chi connectivity index (χ4n) is 4.43. The van der Waals surface area contributed by atoms with Gasteiger partial charge in [-0.1, -0.05) is 71.8 Å². The Kier molecular flexibility index (Phi) is 6.86. The van der Waals surface area contributed by atoms with Gasteiger partial charge in [0.25, 0.3) is 0 Å². The molecule has 0 saturated carbocycles. The molecular formula is C28H18Cl4N2O4. The molecule has 0 fully saturated rings. The van der Waals surface area contributed by atoms with Gasteiger partial charge in [-0.15, -0.1) is 23.2 Å². The van der Waals surface area contributed by atoms with Crippen LogP contribution < -0.4 is 10.6 Å². The van der Waals surface area contributed by atoms with Crippen LogP contribution in [0.25, 0.3) is 0 Å². The van der Waals surface area contributed by atoms with Gasteiger partial charge >= 0.3 is 0 Å². The van der Waals surface area contributed by atoms with Crippen LogP contribution in [-0.4, -0.2) is 33.1 Å². The number of fused-ring (bicyclic) bond motifs is 2. The molecule has 192 valence electrons. The molecule has 2 atom stereocenters. The third-order valence-corrected chi connectivity index (χ3v) is 7.99. The zero-order chi connectivity index (χ0) is 27.2. The molecule has 0 aliphatic heterocycles. The maximum Gasteiger partial charge on any atom is 0.249 e. The Morgan fingerprint density at radius 2 is 1.08 bits per heavy atom. The molecule has 0 bridgehead atoms. The van der Waals surface area contributed by atoms with Gasteiger partial charge in [0.15, 0.2) is 11.6 Å². The van der Waals surface area contributed by atoms with E-state index in [9.17, 15) is 19.2 Å². The molecule has 0 radical (unpaired) electrons. The second-order valence-electron chi connectivity index (χ2n) is 9.00. The maximum absolute atomic E-state index is 13.6. The van der Waals surface area contributed by atoms with Crippen LogP contribution in [0.4, 0.5) is 11.4 Å². The van der Waals surface area contributed by atoms with Crippen molar-refractivity contribution in [2.45, 2.75) is 22.6 Å². The van der Waals surface area contributed by atoms with E-state index in [1.807, 2.05) is 0 Å². The standard InChI is InChI=1S/C28H18Cl4N2O4/c29-15-7-11-27(31,12-8-15)25(37)33-19-5-1-3-17-21(19)24(36)18-4-2-6-20(22(18)23(17)35)34-26(38)28(32)13-9-16(30)10-14-28/h1-11,13H,12,14H2,(H,33,37)(H,34,38). The molecule has 2 aromatic carbocycles. The van der Waals surface area contributed by atoms with E-state index in [1.54, 1.807) is 24.3 Å². The lowest BCUT2D eigenvalue weighted by Gasteiger charge is -2.27. The third kappa shape index (κ3) is 4.63. The van der Waals surface area contributed by atoms with Crippen molar-refractivity contribution in [2.75, 3.05) is 10.6 Å². The molecule has 2 amide bonds. The van der Waals surface area contributed by atoms with Crippen LogP contribution in [-0.2, 0) is 9.59 Å². The number of halogens is 4. The molecule has 0 aromatic heterocycles. The van der Waals surface area contributed by atoms with Crippen molar-refractivity contribution in [2.24, 2.45) is 0 Å². The lowest BCUT2D eigenvalue weighted by Crippen LogP contribution is -2.38. The monoisotopic (exact) mass is 586 g/mol. The smallest absolute Gasteiger partial charge is 0.249 e. The zero-order valence-electron chi connectivity index (χ0n) is 19.5. The predicted molar refractivity (Wildman–Crippen MR) is 150 cm³/mol. The van der Waals surface area contributed by atoms with E-state index < -0.39 is 33.1 Å². The van der Waals surface area contributed by atoms with Gasteiger partial charge in [-0.3, -0.25) is 19.2 Å². The number of benzene rings is 2. The summed E-state index contributed by atoms with van der Waals surface area (Å²) in [4.78, 5) is 50.6. The molecule has 6 nitrogen and oxygen atoms in total. The minimum Gasteiger partial charge on any atom is -0.324 e. The van der Waals surface area contributed by atoms with Gasteiger partial charge in [0.1, 0.15) is 9.75 Å². The van der Waals surface area contributed by atoms with Crippen LogP contribution >= 0.6 is 46.4 Å². The lowest BCUT2D eigenvalue weighted by molar-refractivity contribution is -0.118. The summed E-state index contributed by atoms with van der Waals surface area (Å²) in [6.45, 7) is 0. The second-order valence-corrected chi connectivity index (χ2v) is 11.2. The molecule has 10 heteroatoms. The highest BCUT2D eigenvalue weighted by molar-refractivity contribution is 6.41. The number of hydrogen-bond donors (Lipinski definition) is 2. The van der Waals surface area contributed by atoms with Gasteiger partial charge < -0.3 is 10.6 Å². The Labute approximate surface area is 238 Å². The first-order valence-electron chi connectivity index (χ1n) is 11.5. The number of carbonyl (C=O) groups is 4. The predicted octanol–water partition coefficient (Wildman–Crippen LogP) is 6.46. The Balaban J connectivity index is 1.47. The Hall–Kier alpha value is -3.16. The third-order valence-electron chi connectivity index (χ3n) is 6.53. The highest BCUT2D eigenvalue weighted by Crippen LogP contribution is 2.38. The van der Waals surface area contributed by atoms with Crippen molar-refractivity contribution >= 4 is 81.2 Å². The van der Waals surface area contributed by atoms with Crippen molar-refractivity contribution in [1.82, 2.24) is 0 Å². The summed E-state index contributed by atoms with van der Waals surface area (Å²) in [6.07, 6.45) is 9.56. The highest BCUT2D eigenvalue weighted by Gasteiger charge is 2.39. The Morgan fingerprint density at radius 1 is 0.684 bits per heavy atom. The number of amides is 2. The molecule has 2 aromatic rings. The van der Waals surface area contributed by atoms with E-state index >= 15 is 0 Å². The maximum atomic E-state index is 13.6. The summed E-state index contributed by atoms with van der Waals surface area (Å²) in [5.74, 6) is -2.11. The quantitative estimate of drug-likeness (QED) is 0.343. The summed E-state index contributed by atoms with van der Waals surface area (Å²) in [7, 11) is 0. The van der Waals surface area contributed by atoms with Crippen LogP contribution in [0.1, 0.15) is 44.7 Å². The minimum atomic E-state index is -1.40. The number of anilines is 2. The van der Waals surface area contributed by atoms with E-state index in [1.165, 1.54) is 48.6 Å². The van der Waals surface area contributed by atoms with Crippen molar-refractivity contribution in [1.29, 1.82) is 0 Å². The van der Waals surface area contributed by atoms with Gasteiger partial charge in [0, 0.05) is 21.2 Å². The number of carbonyl (C=O) groups excluding carboxylic acids is 4. The van der Waals surface area contributed by atoms with Crippen LogP contribution in [0.3, 0.4) is 0 Å². The first-order valence-corrected chi connectivity index (χ1v) is 13.0. The lowest BCUT2D eigenvalue weighted by atomic mass is 9.82. The van der Waals surface area contributed by atoms with Gasteiger partial charge in [-0.2, -0.15) is 0 Å². The zero-order valence-corrected chi connectivity index (χ0v) is 22.5. The average molecular weight is 588 g/mol. The number of alkyl halides is 2. The molecule has 2 unspecified atom stereocenters. The Morgan fingerprint density at radius 3 is 1.42 bits per heavy atom. The fourth-order valence-corrected chi connectivity index (χ4v) is 5.08. The van der Waals surface area contributed by atoms with E-state index in [0.29, 0.717) is 10.1 Å². The van der Waals surface area contributed by atoms with Gasteiger partial charge in [-0.05, 0) is 37.1 Å². The minimum absolute atomic E-state index is 0.0410. The van der Waals surface area contributed by atoms with Crippen LogP contribution in [0.5, 0.6) is 0 Å². The summed E-state index contributed by atoms with van der Waals surface area (Å²) in [5.41, 5.74) is 0.547. The molecule has 0 saturated heterocycles. The summed E-state index contributed by atoms with van der Waals surface area (Å²) >= 11 is 24.9.